The minimum Gasteiger partial charge on any atom is -0.377 e. The van der Waals surface area contributed by atoms with Gasteiger partial charge < -0.3 is 9.30 Å². The van der Waals surface area contributed by atoms with Gasteiger partial charge in [-0.3, -0.25) is 9.58 Å². The third-order valence-electron chi connectivity index (χ3n) is 4.80. The summed E-state index contributed by atoms with van der Waals surface area (Å²) < 4.78 is 35.2. The average molecular weight is 410 g/mol. The van der Waals surface area contributed by atoms with Crippen molar-refractivity contribution in [1.82, 2.24) is 24.2 Å². The van der Waals surface area contributed by atoms with Gasteiger partial charge in [0.05, 0.1) is 29.9 Å². The molecule has 2 aromatic rings. The molecule has 1 unspecified atom stereocenters. The fourth-order valence-electron chi connectivity index (χ4n) is 3.62. The summed E-state index contributed by atoms with van der Waals surface area (Å²) in [7, 11) is 0.414. The van der Waals surface area contributed by atoms with Crippen LogP contribution in [0.2, 0.25) is 0 Å². The van der Waals surface area contributed by atoms with Crippen LogP contribution in [0.15, 0.2) is 23.7 Å². The highest BCUT2D eigenvalue weighted by atomic mass is 32.2. The summed E-state index contributed by atoms with van der Waals surface area (Å²) >= 11 is 0. The highest BCUT2D eigenvalue weighted by Crippen LogP contribution is 2.21. The van der Waals surface area contributed by atoms with E-state index in [2.05, 4.69) is 28.8 Å². The Morgan fingerprint density at radius 3 is 2.71 bits per heavy atom. The highest BCUT2D eigenvalue weighted by Gasteiger charge is 2.29. The number of aryl methyl sites for hydroxylation is 1. The van der Waals surface area contributed by atoms with Crippen LogP contribution in [-0.4, -0.2) is 58.2 Å². The van der Waals surface area contributed by atoms with E-state index in [1.807, 2.05) is 31.1 Å². The lowest BCUT2D eigenvalue weighted by Gasteiger charge is -2.19. The Kier molecular flexibility index (Phi) is 6.57. The van der Waals surface area contributed by atoms with Crippen molar-refractivity contribution < 1.29 is 13.2 Å². The van der Waals surface area contributed by atoms with E-state index in [4.69, 9.17) is 4.74 Å². The van der Waals surface area contributed by atoms with E-state index in [9.17, 15) is 8.42 Å². The molecule has 1 aliphatic rings. The van der Waals surface area contributed by atoms with Crippen molar-refractivity contribution in [1.29, 1.82) is 0 Å². The molecule has 156 valence electrons. The molecule has 2 aromatic heterocycles. The largest absolute Gasteiger partial charge is 0.377 e. The predicted octanol–water partition coefficient (Wildman–Crippen LogP) is 1.86. The predicted molar refractivity (Wildman–Crippen MR) is 106 cm³/mol. The molecule has 0 aromatic carbocycles. The second-order valence-electron chi connectivity index (χ2n) is 8.15. The molecule has 0 aliphatic carbocycles. The van der Waals surface area contributed by atoms with E-state index in [-0.39, 0.29) is 17.0 Å². The molecule has 0 N–H and O–H groups in total. The van der Waals surface area contributed by atoms with Crippen LogP contribution in [0.3, 0.4) is 0 Å². The van der Waals surface area contributed by atoms with Crippen LogP contribution in [0.5, 0.6) is 0 Å². The zero-order valence-electron chi connectivity index (χ0n) is 17.2. The Labute approximate surface area is 167 Å². The van der Waals surface area contributed by atoms with Crippen molar-refractivity contribution in [3.63, 3.8) is 0 Å². The van der Waals surface area contributed by atoms with E-state index >= 15 is 0 Å². The van der Waals surface area contributed by atoms with E-state index in [0.717, 1.165) is 30.6 Å². The molecule has 0 radical (unpaired) electrons. The fourth-order valence-corrected chi connectivity index (χ4v) is 5.26. The Balaban J connectivity index is 1.79. The van der Waals surface area contributed by atoms with E-state index in [1.165, 1.54) is 0 Å². The number of hydrogen-bond donors (Lipinski definition) is 0. The van der Waals surface area contributed by atoms with Gasteiger partial charge in [-0.2, -0.15) is 5.10 Å². The quantitative estimate of drug-likeness (QED) is 0.629. The molecule has 28 heavy (non-hydrogen) atoms. The van der Waals surface area contributed by atoms with Gasteiger partial charge in [-0.05, 0) is 25.8 Å². The van der Waals surface area contributed by atoms with Crippen LogP contribution in [-0.2, 0) is 41.3 Å². The van der Waals surface area contributed by atoms with Crippen molar-refractivity contribution >= 4 is 9.84 Å². The lowest BCUT2D eigenvalue weighted by molar-refractivity contribution is 0.127. The van der Waals surface area contributed by atoms with E-state index in [1.54, 1.807) is 10.9 Å². The van der Waals surface area contributed by atoms with Crippen LogP contribution in [0.25, 0.3) is 0 Å². The number of nitrogens with zero attached hydrogens (tertiary/aromatic N) is 5. The van der Waals surface area contributed by atoms with Crippen molar-refractivity contribution in [3.05, 3.63) is 29.8 Å². The lowest BCUT2D eigenvalue weighted by atomic mass is 10.2. The summed E-state index contributed by atoms with van der Waals surface area (Å²) in [6.45, 7) is 6.78. The number of imidazole rings is 1. The van der Waals surface area contributed by atoms with Gasteiger partial charge >= 0.3 is 0 Å². The van der Waals surface area contributed by atoms with Gasteiger partial charge in [0.2, 0.25) is 15.0 Å². The first-order valence-electron chi connectivity index (χ1n) is 9.79. The summed E-state index contributed by atoms with van der Waals surface area (Å²) in [6, 6.07) is 0. The first-order valence-corrected chi connectivity index (χ1v) is 11.4. The van der Waals surface area contributed by atoms with Gasteiger partial charge in [-0.15, -0.1) is 0 Å². The smallest absolute Gasteiger partial charge is 0.227 e. The van der Waals surface area contributed by atoms with Crippen LogP contribution < -0.4 is 0 Å². The van der Waals surface area contributed by atoms with Gasteiger partial charge in [0, 0.05) is 45.0 Å². The van der Waals surface area contributed by atoms with Crippen molar-refractivity contribution in [2.24, 2.45) is 13.0 Å². The topological polar surface area (TPSA) is 82.3 Å². The molecule has 9 heteroatoms. The summed E-state index contributed by atoms with van der Waals surface area (Å²) in [5, 5.41) is 4.37. The lowest BCUT2D eigenvalue weighted by Crippen LogP contribution is -2.25. The number of ether oxygens (including phenoxy) is 1. The SMILES string of the molecule is CC(C)Cn1c(CN(C)Cc2cnn(C)c2)cnc1S(=O)(=O)CC1CCCO1. The number of rotatable bonds is 9. The summed E-state index contributed by atoms with van der Waals surface area (Å²) in [6.07, 6.45) is 7.03. The molecule has 0 amide bonds. The van der Waals surface area contributed by atoms with Crippen molar-refractivity contribution in [3.8, 4) is 0 Å². The summed E-state index contributed by atoms with van der Waals surface area (Å²) in [4.78, 5) is 6.46. The molecule has 1 saturated heterocycles. The Morgan fingerprint density at radius 1 is 1.32 bits per heavy atom. The van der Waals surface area contributed by atoms with E-state index < -0.39 is 9.84 Å². The minimum absolute atomic E-state index is 0.00702. The maximum Gasteiger partial charge on any atom is 0.227 e. The van der Waals surface area contributed by atoms with Gasteiger partial charge in [0.15, 0.2) is 0 Å². The van der Waals surface area contributed by atoms with Crippen LogP contribution >= 0.6 is 0 Å². The molecule has 1 atom stereocenters. The molecule has 0 saturated carbocycles. The average Bonchev–Trinajstić information content (AvgIpc) is 3.31. The van der Waals surface area contributed by atoms with Crippen LogP contribution in [0.4, 0.5) is 0 Å². The maximum absolute atomic E-state index is 13.0. The van der Waals surface area contributed by atoms with Gasteiger partial charge in [0.25, 0.3) is 0 Å². The first-order chi connectivity index (χ1) is 13.2. The van der Waals surface area contributed by atoms with Crippen LogP contribution in [0.1, 0.15) is 37.9 Å². The monoisotopic (exact) mass is 409 g/mol. The van der Waals surface area contributed by atoms with Crippen LogP contribution in [0, 0.1) is 5.92 Å². The Morgan fingerprint density at radius 2 is 2.11 bits per heavy atom. The number of sulfone groups is 1. The first kappa shape index (κ1) is 21.0. The highest BCUT2D eigenvalue weighted by molar-refractivity contribution is 7.91. The molecule has 3 heterocycles. The summed E-state index contributed by atoms with van der Waals surface area (Å²) in [5.41, 5.74) is 2.03. The summed E-state index contributed by atoms with van der Waals surface area (Å²) in [5.74, 6) is 0.320. The molecule has 8 nitrogen and oxygen atoms in total. The Hall–Kier alpha value is -1.71. The molecule has 0 spiro atoms. The third kappa shape index (κ3) is 5.21. The number of hydrogen-bond acceptors (Lipinski definition) is 6. The van der Waals surface area contributed by atoms with Crippen molar-refractivity contribution in [2.75, 3.05) is 19.4 Å². The molecule has 3 rings (SSSR count). The fraction of sp³-hybridized carbons (Fsp3) is 0.684. The zero-order valence-corrected chi connectivity index (χ0v) is 18.0. The van der Waals surface area contributed by atoms with Gasteiger partial charge in [-0.25, -0.2) is 13.4 Å². The van der Waals surface area contributed by atoms with Crippen molar-refractivity contribution in [2.45, 2.75) is 57.6 Å². The zero-order chi connectivity index (χ0) is 20.3. The third-order valence-corrected chi connectivity index (χ3v) is 6.49. The van der Waals surface area contributed by atoms with E-state index in [0.29, 0.717) is 25.6 Å². The second-order valence-corrected chi connectivity index (χ2v) is 10.1. The molecule has 1 fully saturated rings. The van der Waals surface area contributed by atoms with Gasteiger partial charge in [-0.1, -0.05) is 13.8 Å². The number of aromatic nitrogens is 4. The maximum atomic E-state index is 13.0. The molecular weight excluding hydrogens is 378 g/mol. The van der Waals surface area contributed by atoms with Gasteiger partial charge in [0.1, 0.15) is 0 Å². The Bertz CT molecular complexity index is 881. The molecule has 0 bridgehead atoms. The second kappa shape index (κ2) is 8.75. The minimum atomic E-state index is -3.50. The molecule has 1 aliphatic heterocycles. The normalized spacial score (nSPS) is 17.9. The standard InChI is InChI=1S/C19H31N5O3S/c1-15(2)10-24-17(13-22(3)11-16-8-21-23(4)12-16)9-20-19(24)28(25,26)14-18-6-5-7-27-18/h8-9,12,15,18H,5-7,10-11,13-14H2,1-4H3. The molecular formula is C19H31N5O3S.